The van der Waals surface area contributed by atoms with Gasteiger partial charge in [-0.3, -0.25) is 0 Å². The molecule has 1 atom stereocenters. The summed E-state index contributed by atoms with van der Waals surface area (Å²) in [7, 11) is 1.62. The summed E-state index contributed by atoms with van der Waals surface area (Å²) in [5.41, 5.74) is 0.757. The highest BCUT2D eigenvalue weighted by Crippen LogP contribution is 2.17. The van der Waals surface area contributed by atoms with Crippen molar-refractivity contribution in [3.8, 4) is 5.75 Å². The van der Waals surface area contributed by atoms with Crippen molar-refractivity contribution in [2.45, 2.75) is 25.8 Å². The van der Waals surface area contributed by atoms with Gasteiger partial charge in [0.2, 0.25) is 0 Å². The molecule has 0 radical (unpaired) electrons. The molecule has 1 aromatic carbocycles. The van der Waals surface area contributed by atoms with E-state index in [0.717, 1.165) is 30.9 Å². The number of carbonyl (C=O) groups excluding carboxylic acids is 1. The molecular weight excluding hydrogens is 254 g/mol. The zero-order chi connectivity index (χ0) is 14.4. The number of nitrogens with one attached hydrogen (secondary N) is 2. The second-order valence-corrected chi connectivity index (χ2v) is 4.99. The highest BCUT2D eigenvalue weighted by molar-refractivity contribution is 5.89. The van der Waals surface area contributed by atoms with Crippen LogP contribution in [0.25, 0.3) is 0 Å². The topological polar surface area (TPSA) is 53.6 Å². The van der Waals surface area contributed by atoms with Crippen LogP contribution in [0, 0.1) is 0 Å². The molecule has 1 fully saturated rings. The molecule has 2 amide bonds. The van der Waals surface area contributed by atoms with Crippen LogP contribution in [-0.4, -0.2) is 43.7 Å². The minimum absolute atomic E-state index is 0.0607. The van der Waals surface area contributed by atoms with Gasteiger partial charge in [-0.1, -0.05) is 6.07 Å². The number of methoxy groups -OCH3 is 1. The van der Waals surface area contributed by atoms with Crippen molar-refractivity contribution < 1.29 is 9.53 Å². The first-order valence-electron chi connectivity index (χ1n) is 7.16. The molecule has 0 spiro atoms. The lowest BCUT2D eigenvalue weighted by Gasteiger charge is -2.24. The molecule has 0 saturated carbocycles. The van der Waals surface area contributed by atoms with Crippen LogP contribution in [0.4, 0.5) is 10.5 Å². The van der Waals surface area contributed by atoms with Crippen LogP contribution in [0.2, 0.25) is 0 Å². The van der Waals surface area contributed by atoms with E-state index in [1.165, 1.54) is 6.42 Å². The molecule has 1 aromatic rings. The predicted molar refractivity (Wildman–Crippen MR) is 80.3 cm³/mol. The fourth-order valence-corrected chi connectivity index (χ4v) is 2.44. The Balaban J connectivity index is 1.93. The van der Waals surface area contributed by atoms with Gasteiger partial charge in [-0.15, -0.1) is 0 Å². The minimum Gasteiger partial charge on any atom is -0.497 e. The molecule has 1 unspecified atom stereocenters. The van der Waals surface area contributed by atoms with E-state index < -0.39 is 0 Å². The van der Waals surface area contributed by atoms with E-state index in [-0.39, 0.29) is 6.03 Å². The lowest BCUT2D eigenvalue weighted by atomic mass is 10.2. The maximum absolute atomic E-state index is 12.3. The average molecular weight is 277 g/mol. The maximum atomic E-state index is 12.3. The Kier molecular flexibility index (Phi) is 5.24. The summed E-state index contributed by atoms with van der Waals surface area (Å²) in [6, 6.07) is 7.76. The van der Waals surface area contributed by atoms with Crippen LogP contribution in [0.5, 0.6) is 5.75 Å². The van der Waals surface area contributed by atoms with Crippen molar-refractivity contribution >= 4 is 11.7 Å². The fourth-order valence-electron chi connectivity index (χ4n) is 2.44. The highest BCUT2D eigenvalue weighted by Gasteiger charge is 2.20. The van der Waals surface area contributed by atoms with E-state index >= 15 is 0 Å². The van der Waals surface area contributed by atoms with E-state index in [0.29, 0.717) is 12.6 Å². The zero-order valence-electron chi connectivity index (χ0n) is 12.2. The van der Waals surface area contributed by atoms with Gasteiger partial charge >= 0.3 is 6.03 Å². The molecule has 110 valence electrons. The lowest BCUT2D eigenvalue weighted by molar-refractivity contribution is 0.209. The summed E-state index contributed by atoms with van der Waals surface area (Å²) < 4.78 is 5.16. The molecule has 2 rings (SSSR count). The Morgan fingerprint density at radius 2 is 2.40 bits per heavy atom. The van der Waals surface area contributed by atoms with Crippen molar-refractivity contribution in [1.82, 2.24) is 10.2 Å². The number of hydrogen-bond acceptors (Lipinski definition) is 3. The standard InChI is InChI=1S/C15H23N3O2/c1-3-18(11-13-7-5-9-16-13)15(19)17-12-6-4-8-14(10-12)20-2/h4,6,8,10,13,16H,3,5,7,9,11H2,1-2H3,(H,17,19). The van der Waals surface area contributed by atoms with Crippen molar-refractivity contribution in [3.05, 3.63) is 24.3 Å². The SMILES string of the molecule is CCN(CC1CCCN1)C(=O)Nc1cccc(OC)c1. The van der Waals surface area contributed by atoms with E-state index in [4.69, 9.17) is 4.74 Å². The second-order valence-electron chi connectivity index (χ2n) is 4.99. The molecule has 2 N–H and O–H groups in total. The Labute approximate surface area is 120 Å². The van der Waals surface area contributed by atoms with E-state index in [2.05, 4.69) is 10.6 Å². The summed E-state index contributed by atoms with van der Waals surface area (Å²) in [5.74, 6) is 0.739. The summed E-state index contributed by atoms with van der Waals surface area (Å²) in [4.78, 5) is 14.1. The Hall–Kier alpha value is -1.75. The average Bonchev–Trinajstić information content (AvgIpc) is 2.97. The van der Waals surface area contributed by atoms with Gasteiger partial charge in [0, 0.05) is 30.9 Å². The van der Waals surface area contributed by atoms with Crippen molar-refractivity contribution in [3.63, 3.8) is 0 Å². The van der Waals surface area contributed by atoms with Gasteiger partial charge < -0.3 is 20.3 Å². The monoisotopic (exact) mass is 277 g/mol. The van der Waals surface area contributed by atoms with E-state index in [1.807, 2.05) is 36.1 Å². The van der Waals surface area contributed by atoms with Gasteiger partial charge in [-0.2, -0.15) is 0 Å². The summed E-state index contributed by atoms with van der Waals surface area (Å²) in [6.45, 7) is 4.51. The van der Waals surface area contributed by atoms with Gasteiger partial charge in [0.25, 0.3) is 0 Å². The third-order valence-corrected chi connectivity index (χ3v) is 3.59. The van der Waals surface area contributed by atoms with E-state index in [1.54, 1.807) is 7.11 Å². The van der Waals surface area contributed by atoms with Gasteiger partial charge in [-0.05, 0) is 38.4 Å². The highest BCUT2D eigenvalue weighted by atomic mass is 16.5. The normalized spacial score (nSPS) is 17.8. The molecule has 20 heavy (non-hydrogen) atoms. The molecule has 0 aromatic heterocycles. The third kappa shape index (κ3) is 3.87. The molecular formula is C15H23N3O2. The zero-order valence-corrected chi connectivity index (χ0v) is 12.2. The first-order valence-corrected chi connectivity index (χ1v) is 7.16. The third-order valence-electron chi connectivity index (χ3n) is 3.59. The molecule has 1 aliphatic heterocycles. The maximum Gasteiger partial charge on any atom is 0.321 e. The van der Waals surface area contributed by atoms with Crippen molar-refractivity contribution in [2.24, 2.45) is 0 Å². The first kappa shape index (κ1) is 14.7. The number of anilines is 1. The van der Waals surface area contributed by atoms with Gasteiger partial charge in [-0.25, -0.2) is 4.79 Å². The molecule has 1 aliphatic rings. The number of likely N-dealkylation sites (N-methyl/N-ethyl adjacent to an activating group) is 1. The van der Waals surface area contributed by atoms with Crippen molar-refractivity contribution in [2.75, 3.05) is 32.1 Å². The Morgan fingerprint density at radius 1 is 1.55 bits per heavy atom. The Bertz CT molecular complexity index is 444. The lowest BCUT2D eigenvalue weighted by Crippen LogP contribution is -2.43. The summed E-state index contributed by atoms with van der Waals surface area (Å²) in [5, 5.41) is 6.34. The number of hydrogen-bond donors (Lipinski definition) is 2. The van der Waals surface area contributed by atoms with Crippen LogP contribution in [0.15, 0.2) is 24.3 Å². The van der Waals surface area contributed by atoms with Gasteiger partial charge in [0.15, 0.2) is 0 Å². The number of carbonyl (C=O) groups is 1. The molecule has 5 heteroatoms. The summed E-state index contributed by atoms with van der Waals surface area (Å²) in [6.07, 6.45) is 2.34. The van der Waals surface area contributed by atoms with Crippen LogP contribution < -0.4 is 15.4 Å². The molecule has 0 bridgehead atoms. The van der Waals surface area contributed by atoms with Gasteiger partial charge in [0.1, 0.15) is 5.75 Å². The fraction of sp³-hybridized carbons (Fsp3) is 0.533. The number of benzene rings is 1. The number of rotatable bonds is 5. The van der Waals surface area contributed by atoms with Crippen molar-refractivity contribution in [1.29, 1.82) is 0 Å². The molecule has 5 nitrogen and oxygen atoms in total. The van der Waals surface area contributed by atoms with E-state index in [9.17, 15) is 4.79 Å². The smallest absolute Gasteiger partial charge is 0.321 e. The molecule has 1 heterocycles. The molecule has 0 aliphatic carbocycles. The van der Waals surface area contributed by atoms with Crippen LogP contribution in [-0.2, 0) is 0 Å². The quantitative estimate of drug-likeness (QED) is 0.868. The number of ether oxygens (including phenoxy) is 1. The largest absolute Gasteiger partial charge is 0.497 e. The minimum atomic E-state index is -0.0607. The van der Waals surface area contributed by atoms with Crippen LogP contribution in [0.1, 0.15) is 19.8 Å². The predicted octanol–water partition coefficient (Wildman–Crippen LogP) is 2.30. The van der Waals surface area contributed by atoms with Crippen LogP contribution in [0.3, 0.4) is 0 Å². The van der Waals surface area contributed by atoms with Gasteiger partial charge in [0.05, 0.1) is 7.11 Å². The number of urea groups is 1. The number of amides is 2. The second kappa shape index (κ2) is 7.14. The summed E-state index contributed by atoms with van der Waals surface area (Å²) >= 11 is 0. The Morgan fingerprint density at radius 3 is 3.05 bits per heavy atom. The first-order chi connectivity index (χ1) is 9.72. The van der Waals surface area contributed by atoms with Crippen LogP contribution >= 0.6 is 0 Å². The number of nitrogens with zero attached hydrogens (tertiary/aromatic N) is 1. The molecule has 1 saturated heterocycles.